The van der Waals surface area contributed by atoms with E-state index in [0.29, 0.717) is 25.2 Å². The van der Waals surface area contributed by atoms with E-state index in [-0.39, 0.29) is 29.5 Å². The number of hydrogen-bond acceptors (Lipinski definition) is 3. The van der Waals surface area contributed by atoms with E-state index in [1.54, 1.807) is 0 Å². The molecule has 0 spiro atoms. The first kappa shape index (κ1) is 17.9. The highest BCUT2D eigenvalue weighted by Gasteiger charge is 2.43. The van der Waals surface area contributed by atoms with Crippen molar-refractivity contribution in [3.8, 4) is 0 Å². The van der Waals surface area contributed by atoms with Gasteiger partial charge in [-0.3, -0.25) is 14.5 Å². The Labute approximate surface area is 158 Å². The first-order valence-electron chi connectivity index (χ1n) is 9.46. The Morgan fingerprint density at radius 1 is 0.963 bits per heavy atom. The second-order valence-electron chi connectivity index (χ2n) is 7.55. The molecule has 1 saturated carbocycles. The van der Waals surface area contributed by atoms with E-state index in [0.717, 1.165) is 18.4 Å². The van der Waals surface area contributed by atoms with Crippen LogP contribution in [0.2, 0.25) is 0 Å². The van der Waals surface area contributed by atoms with E-state index in [2.05, 4.69) is 10.2 Å². The molecule has 5 heteroatoms. The zero-order valence-electron chi connectivity index (χ0n) is 15.1. The van der Waals surface area contributed by atoms with Crippen LogP contribution in [0, 0.1) is 17.7 Å². The van der Waals surface area contributed by atoms with E-state index >= 15 is 0 Å². The van der Waals surface area contributed by atoms with Gasteiger partial charge in [-0.15, -0.1) is 0 Å². The monoisotopic (exact) mass is 366 g/mol. The summed E-state index contributed by atoms with van der Waals surface area (Å²) in [5, 5.41) is 3.05. The van der Waals surface area contributed by atoms with Gasteiger partial charge in [0.2, 0.25) is 5.91 Å². The average Bonchev–Trinajstić information content (AvgIpc) is 3.39. The largest absolute Gasteiger partial charge is 0.353 e. The van der Waals surface area contributed by atoms with E-state index < -0.39 is 5.92 Å². The van der Waals surface area contributed by atoms with Crippen LogP contribution in [-0.2, 0) is 11.3 Å². The molecule has 2 fully saturated rings. The van der Waals surface area contributed by atoms with E-state index in [1.165, 1.54) is 24.3 Å². The third-order valence-corrected chi connectivity index (χ3v) is 5.37. The van der Waals surface area contributed by atoms with Crippen molar-refractivity contribution in [2.45, 2.75) is 25.4 Å². The molecule has 0 aromatic heterocycles. The van der Waals surface area contributed by atoms with Crippen LogP contribution in [0.4, 0.5) is 4.39 Å². The van der Waals surface area contributed by atoms with Gasteiger partial charge in [0.15, 0.2) is 5.78 Å². The topological polar surface area (TPSA) is 49.4 Å². The molecule has 1 N–H and O–H groups in total. The lowest BCUT2D eigenvalue weighted by atomic mass is 9.88. The molecule has 4 rings (SSSR count). The number of nitrogens with one attached hydrogen (secondary N) is 1. The fourth-order valence-electron chi connectivity index (χ4n) is 3.75. The van der Waals surface area contributed by atoms with Gasteiger partial charge in [0.25, 0.3) is 0 Å². The summed E-state index contributed by atoms with van der Waals surface area (Å²) in [6, 6.07) is 15.9. The van der Waals surface area contributed by atoms with Crippen molar-refractivity contribution in [1.82, 2.24) is 10.2 Å². The number of halogens is 1. The van der Waals surface area contributed by atoms with Gasteiger partial charge in [-0.2, -0.15) is 0 Å². The second-order valence-corrected chi connectivity index (χ2v) is 7.55. The van der Waals surface area contributed by atoms with Crippen LogP contribution in [0.15, 0.2) is 54.6 Å². The molecular formula is C22H23FN2O2. The number of hydrogen-bond donors (Lipinski definition) is 1. The summed E-state index contributed by atoms with van der Waals surface area (Å²) < 4.78 is 13.2. The van der Waals surface area contributed by atoms with Crippen molar-refractivity contribution in [3.63, 3.8) is 0 Å². The van der Waals surface area contributed by atoms with E-state index in [4.69, 9.17) is 0 Å². The lowest BCUT2D eigenvalue weighted by Crippen LogP contribution is -2.38. The molecule has 1 aliphatic carbocycles. The average molecular weight is 366 g/mol. The van der Waals surface area contributed by atoms with Crippen LogP contribution in [0.1, 0.15) is 28.8 Å². The third kappa shape index (κ3) is 4.25. The fraction of sp³-hybridized carbons (Fsp3) is 0.364. The van der Waals surface area contributed by atoms with Crippen LogP contribution in [0.25, 0.3) is 0 Å². The van der Waals surface area contributed by atoms with Crippen LogP contribution in [0.5, 0.6) is 0 Å². The number of ketones is 1. The van der Waals surface area contributed by atoms with Gasteiger partial charge < -0.3 is 5.32 Å². The molecule has 1 heterocycles. The minimum Gasteiger partial charge on any atom is -0.353 e. The maximum atomic E-state index is 13.2. The molecule has 0 unspecified atom stereocenters. The SMILES string of the molecule is O=C(NC1CC1)[C@@H]1CN(Cc2ccccc2)C[C@H]1C(=O)c1ccc(F)cc1. The summed E-state index contributed by atoms with van der Waals surface area (Å²) >= 11 is 0. The number of Topliss-reactive ketones (excluding diaryl/α,β-unsaturated/α-hetero) is 1. The third-order valence-electron chi connectivity index (χ3n) is 5.37. The number of rotatable bonds is 6. The van der Waals surface area contributed by atoms with Crippen molar-refractivity contribution < 1.29 is 14.0 Å². The summed E-state index contributed by atoms with van der Waals surface area (Å²) in [5.41, 5.74) is 1.63. The van der Waals surface area contributed by atoms with Gasteiger partial charge in [-0.05, 0) is 42.7 Å². The predicted molar refractivity (Wildman–Crippen MR) is 101 cm³/mol. The highest BCUT2D eigenvalue weighted by atomic mass is 19.1. The zero-order valence-corrected chi connectivity index (χ0v) is 15.1. The van der Waals surface area contributed by atoms with E-state index in [1.807, 2.05) is 30.3 Å². The molecule has 2 aliphatic rings. The molecule has 0 radical (unpaired) electrons. The van der Waals surface area contributed by atoms with E-state index in [9.17, 15) is 14.0 Å². The number of nitrogens with zero attached hydrogens (tertiary/aromatic N) is 1. The molecule has 4 nitrogen and oxygen atoms in total. The number of benzene rings is 2. The van der Waals surface area contributed by atoms with Gasteiger partial charge in [0.1, 0.15) is 5.82 Å². The van der Waals surface area contributed by atoms with Crippen LogP contribution < -0.4 is 5.32 Å². The number of carbonyl (C=O) groups excluding carboxylic acids is 2. The molecule has 1 aliphatic heterocycles. The van der Waals surface area contributed by atoms with Crippen LogP contribution in [0.3, 0.4) is 0 Å². The summed E-state index contributed by atoms with van der Waals surface area (Å²) in [5.74, 6) is -1.26. The second kappa shape index (κ2) is 7.61. The van der Waals surface area contributed by atoms with Gasteiger partial charge in [-0.25, -0.2) is 4.39 Å². The maximum Gasteiger partial charge on any atom is 0.225 e. The Morgan fingerprint density at radius 3 is 2.30 bits per heavy atom. The van der Waals surface area contributed by atoms with Gasteiger partial charge >= 0.3 is 0 Å². The van der Waals surface area contributed by atoms with Crippen molar-refractivity contribution in [2.75, 3.05) is 13.1 Å². The normalized spacial score (nSPS) is 22.6. The zero-order chi connectivity index (χ0) is 18.8. The number of likely N-dealkylation sites (tertiary alicyclic amines) is 1. The summed E-state index contributed by atoms with van der Waals surface area (Å²) in [7, 11) is 0. The maximum absolute atomic E-state index is 13.2. The minimum absolute atomic E-state index is 0.0338. The molecule has 1 saturated heterocycles. The first-order chi connectivity index (χ1) is 13.1. The van der Waals surface area contributed by atoms with Crippen molar-refractivity contribution in [3.05, 3.63) is 71.5 Å². The first-order valence-corrected chi connectivity index (χ1v) is 9.46. The fourth-order valence-corrected chi connectivity index (χ4v) is 3.75. The standard InChI is InChI=1S/C22H23FN2O2/c23-17-8-6-16(7-9-17)21(26)19-13-25(12-15-4-2-1-3-5-15)14-20(19)22(27)24-18-10-11-18/h1-9,18-20H,10-14H2,(H,24,27)/t19-,20-/m1/s1. The molecule has 2 aromatic rings. The molecular weight excluding hydrogens is 343 g/mol. The smallest absolute Gasteiger partial charge is 0.225 e. The van der Waals surface area contributed by atoms with Crippen molar-refractivity contribution >= 4 is 11.7 Å². The molecule has 2 aromatic carbocycles. The lowest BCUT2D eigenvalue weighted by Gasteiger charge is -2.17. The van der Waals surface area contributed by atoms with Crippen LogP contribution in [-0.4, -0.2) is 35.7 Å². The number of amides is 1. The highest BCUT2D eigenvalue weighted by molar-refractivity contribution is 6.01. The predicted octanol–water partition coefficient (Wildman–Crippen LogP) is 3.04. The Balaban J connectivity index is 1.52. The Kier molecular flexibility index (Phi) is 5.03. The molecule has 27 heavy (non-hydrogen) atoms. The quantitative estimate of drug-likeness (QED) is 0.800. The molecule has 2 atom stereocenters. The Hall–Kier alpha value is -2.53. The lowest BCUT2D eigenvalue weighted by molar-refractivity contribution is -0.125. The minimum atomic E-state index is -0.405. The number of carbonyl (C=O) groups is 2. The summed E-state index contributed by atoms with van der Waals surface area (Å²) in [6.45, 7) is 1.81. The molecule has 1 amide bonds. The Morgan fingerprint density at radius 2 is 1.63 bits per heavy atom. The van der Waals surface area contributed by atoms with Crippen LogP contribution >= 0.6 is 0 Å². The molecule has 0 bridgehead atoms. The van der Waals surface area contributed by atoms with Gasteiger partial charge in [0.05, 0.1) is 5.92 Å². The van der Waals surface area contributed by atoms with Crippen molar-refractivity contribution in [1.29, 1.82) is 0 Å². The summed E-state index contributed by atoms with van der Waals surface area (Å²) in [6.07, 6.45) is 2.03. The van der Waals surface area contributed by atoms with Gasteiger partial charge in [-0.1, -0.05) is 30.3 Å². The van der Waals surface area contributed by atoms with Crippen molar-refractivity contribution in [2.24, 2.45) is 11.8 Å². The Bertz CT molecular complexity index is 818. The summed E-state index contributed by atoms with van der Waals surface area (Å²) in [4.78, 5) is 28.0. The highest BCUT2D eigenvalue weighted by Crippen LogP contribution is 2.30. The van der Waals surface area contributed by atoms with Gasteiger partial charge in [0, 0.05) is 37.2 Å². The molecule has 140 valence electrons.